The average molecular weight is 453 g/mol. The largest absolute Gasteiger partial charge is 0.494 e. The van der Waals surface area contributed by atoms with Gasteiger partial charge in [-0.2, -0.15) is 5.26 Å². The zero-order valence-corrected chi connectivity index (χ0v) is 19.2. The van der Waals surface area contributed by atoms with Crippen molar-refractivity contribution >= 4 is 17.4 Å². The fourth-order valence-corrected chi connectivity index (χ4v) is 3.49. The topological polar surface area (TPSA) is 80.1 Å². The minimum absolute atomic E-state index is 0.117. The Labute approximate surface area is 191 Å². The van der Waals surface area contributed by atoms with Gasteiger partial charge in [-0.15, -0.1) is 0 Å². The highest BCUT2D eigenvalue weighted by atomic mass is 32.2. The molecule has 32 heavy (non-hydrogen) atoms. The summed E-state index contributed by atoms with van der Waals surface area (Å²) < 4.78 is 27.1. The smallest absolute Gasteiger partial charge is 0.187 e. The number of nitriles is 1. The van der Waals surface area contributed by atoms with Crippen molar-refractivity contribution in [1.29, 1.82) is 5.26 Å². The lowest BCUT2D eigenvalue weighted by atomic mass is 10.0. The van der Waals surface area contributed by atoms with Gasteiger partial charge >= 0.3 is 0 Å². The molecular formula is C24H25FN4O2S. The van der Waals surface area contributed by atoms with Gasteiger partial charge in [0.05, 0.1) is 36.1 Å². The van der Waals surface area contributed by atoms with Crippen LogP contribution in [-0.4, -0.2) is 28.9 Å². The van der Waals surface area contributed by atoms with E-state index in [0.717, 1.165) is 0 Å². The van der Waals surface area contributed by atoms with Crippen molar-refractivity contribution in [1.82, 2.24) is 9.97 Å². The quantitative estimate of drug-likeness (QED) is 0.334. The van der Waals surface area contributed by atoms with Gasteiger partial charge in [-0.3, -0.25) is 0 Å². The Morgan fingerprint density at radius 2 is 1.94 bits per heavy atom. The summed E-state index contributed by atoms with van der Waals surface area (Å²) in [6, 6.07) is 13.4. The first-order valence-corrected chi connectivity index (χ1v) is 11.4. The van der Waals surface area contributed by atoms with Crippen molar-refractivity contribution in [3.05, 3.63) is 71.3 Å². The van der Waals surface area contributed by atoms with Crippen LogP contribution in [0.5, 0.6) is 11.5 Å². The number of nitrogens with zero attached hydrogens (tertiary/aromatic N) is 3. The molecule has 0 aliphatic carbocycles. The number of thioether (sulfide) groups is 1. The lowest BCUT2D eigenvalue weighted by molar-refractivity contribution is 0.228. The zero-order valence-electron chi connectivity index (χ0n) is 18.4. The minimum atomic E-state index is -0.647. The molecule has 1 atom stereocenters. The van der Waals surface area contributed by atoms with Crippen LogP contribution >= 0.6 is 11.8 Å². The maximum absolute atomic E-state index is 15.7. The van der Waals surface area contributed by atoms with Crippen molar-refractivity contribution in [3.8, 4) is 17.6 Å². The fraction of sp³-hybridized carbons (Fsp3) is 0.292. The van der Waals surface area contributed by atoms with Crippen LogP contribution in [0.1, 0.15) is 43.6 Å². The van der Waals surface area contributed by atoms with E-state index in [1.54, 1.807) is 48.7 Å². The predicted molar refractivity (Wildman–Crippen MR) is 124 cm³/mol. The Kier molecular flexibility index (Phi) is 7.90. The van der Waals surface area contributed by atoms with Crippen LogP contribution in [0.4, 0.5) is 10.1 Å². The van der Waals surface area contributed by atoms with Crippen LogP contribution in [0.15, 0.2) is 53.8 Å². The molecule has 0 radical (unpaired) electrons. The number of anilines is 1. The SMILES string of the molecule is CCOc1cc(OC(C)C)c(F)c(C(Nc2ccc(C#N)cc2)c2ccnc(SC)n2)c1. The van der Waals surface area contributed by atoms with E-state index in [1.807, 2.05) is 27.0 Å². The summed E-state index contributed by atoms with van der Waals surface area (Å²) in [6.45, 7) is 5.99. The van der Waals surface area contributed by atoms with Crippen LogP contribution < -0.4 is 14.8 Å². The van der Waals surface area contributed by atoms with E-state index in [0.29, 0.717) is 40.0 Å². The summed E-state index contributed by atoms with van der Waals surface area (Å²) >= 11 is 1.40. The molecule has 0 aliphatic rings. The standard InChI is InChI=1S/C24H25FN4O2S/c1-5-30-18-12-19(22(25)21(13-18)31-15(2)3)23(20-10-11-27-24(29-20)32-4)28-17-8-6-16(14-26)7-9-17/h6-13,15,23,28H,5H2,1-4H3. The third-order valence-corrected chi connectivity index (χ3v) is 5.05. The number of hydrogen-bond donors (Lipinski definition) is 1. The normalized spacial score (nSPS) is 11.7. The molecule has 0 saturated heterocycles. The summed E-state index contributed by atoms with van der Waals surface area (Å²) in [4.78, 5) is 8.83. The summed E-state index contributed by atoms with van der Waals surface area (Å²) in [7, 11) is 0. The van der Waals surface area contributed by atoms with Gasteiger partial charge in [0, 0.05) is 23.5 Å². The summed E-state index contributed by atoms with van der Waals surface area (Å²) in [6.07, 6.45) is 3.33. The van der Waals surface area contributed by atoms with Gasteiger partial charge in [0.25, 0.3) is 0 Å². The Morgan fingerprint density at radius 3 is 2.56 bits per heavy atom. The fourth-order valence-electron chi connectivity index (χ4n) is 3.12. The molecule has 0 amide bonds. The molecule has 1 N–H and O–H groups in total. The molecule has 6 nitrogen and oxygen atoms in total. The molecule has 0 spiro atoms. The average Bonchev–Trinajstić information content (AvgIpc) is 2.80. The number of rotatable bonds is 9. The van der Waals surface area contributed by atoms with Gasteiger partial charge in [0.15, 0.2) is 16.7 Å². The van der Waals surface area contributed by atoms with Crippen molar-refractivity contribution in [2.24, 2.45) is 0 Å². The Morgan fingerprint density at radius 1 is 1.19 bits per heavy atom. The first-order chi connectivity index (χ1) is 15.4. The van der Waals surface area contributed by atoms with E-state index in [-0.39, 0.29) is 11.9 Å². The van der Waals surface area contributed by atoms with Crippen LogP contribution in [-0.2, 0) is 0 Å². The van der Waals surface area contributed by atoms with E-state index >= 15 is 4.39 Å². The molecule has 1 unspecified atom stereocenters. The number of halogens is 1. The summed E-state index contributed by atoms with van der Waals surface area (Å²) in [5.41, 5.74) is 2.18. The molecule has 8 heteroatoms. The summed E-state index contributed by atoms with van der Waals surface area (Å²) in [5, 5.41) is 13.0. The zero-order chi connectivity index (χ0) is 23.1. The highest BCUT2D eigenvalue weighted by molar-refractivity contribution is 7.98. The molecular weight excluding hydrogens is 427 g/mol. The van der Waals surface area contributed by atoms with E-state index in [4.69, 9.17) is 14.7 Å². The van der Waals surface area contributed by atoms with Crippen molar-refractivity contribution in [3.63, 3.8) is 0 Å². The maximum Gasteiger partial charge on any atom is 0.187 e. The van der Waals surface area contributed by atoms with Crippen molar-refractivity contribution < 1.29 is 13.9 Å². The second-order valence-corrected chi connectivity index (χ2v) is 7.93. The van der Waals surface area contributed by atoms with Gasteiger partial charge < -0.3 is 14.8 Å². The van der Waals surface area contributed by atoms with Gasteiger partial charge in [-0.25, -0.2) is 14.4 Å². The van der Waals surface area contributed by atoms with Crippen LogP contribution in [0, 0.1) is 17.1 Å². The lowest BCUT2D eigenvalue weighted by Gasteiger charge is -2.23. The van der Waals surface area contributed by atoms with E-state index in [9.17, 15) is 0 Å². The Hall–Kier alpha value is -3.31. The number of ether oxygens (including phenoxy) is 2. The van der Waals surface area contributed by atoms with Crippen LogP contribution in [0.2, 0.25) is 0 Å². The number of nitrogens with one attached hydrogen (secondary N) is 1. The molecule has 1 heterocycles. The third-order valence-electron chi connectivity index (χ3n) is 4.48. The first-order valence-electron chi connectivity index (χ1n) is 10.2. The minimum Gasteiger partial charge on any atom is -0.494 e. The molecule has 3 rings (SSSR count). The highest BCUT2D eigenvalue weighted by Gasteiger charge is 2.25. The molecule has 0 aliphatic heterocycles. The van der Waals surface area contributed by atoms with E-state index in [2.05, 4.69) is 21.4 Å². The lowest BCUT2D eigenvalue weighted by Crippen LogP contribution is -2.17. The third kappa shape index (κ3) is 5.68. The van der Waals surface area contributed by atoms with Crippen LogP contribution in [0.3, 0.4) is 0 Å². The molecule has 3 aromatic rings. The molecule has 0 fully saturated rings. The Bertz CT molecular complexity index is 1100. The number of benzene rings is 2. The highest BCUT2D eigenvalue weighted by Crippen LogP contribution is 2.36. The summed E-state index contributed by atoms with van der Waals surface area (Å²) in [5.74, 6) is 0.134. The molecule has 1 aromatic heterocycles. The van der Waals surface area contributed by atoms with Crippen molar-refractivity contribution in [2.45, 2.75) is 38.1 Å². The van der Waals surface area contributed by atoms with Gasteiger partial charge in [0.2, 0.25) is 0 Å². The molecule has 166 valence electrons. The van der Waals surface area contributed by atoms with Gasteiger partial charge in [0.1, 0.15) is 5.75 Å². The second-order valence-electron chi connectivity index (χ2n) is 7.16. The maximum atomic E-state index is 15.7. The Balaban J connectivity index is 2.14. The van der Waals surface area contributed by atoms with E-state index in [1.165, 1.54) is 11.8 Å². The molecule has 0 bridgehead atoms. The van der Waals surface area contributed by atoms with Crippen molar-refractivity contribution in [2.75, 3.05) is 18.2 Å². The monoisotopic (exact) mass is 452 g/mol. The molecule has 2 aromatic carbocycles. The molecule has 0 saturated carbocycles. The predicted octanol–water partition coefficient (Wildman–Crippen LogP) is 5.60. The number of aromatic nitrogens is 2. The van der Waals surface area contributed by atoms with Gasteiger partial charge in [-0.05, 0) is 63.4 Å². The first kappa shape index (κ1) is 23.4. The van der Waals surface area contributed by atoms with Crippen LogP contribution in [0.25, 0.3) is 0 Å². The number of hydrogen-bond acceptors (Lipinski definition) is 7. The second kappa shape index (κ2) is 10.8. The van der Waals surface area contributed by atoms with Gasteiger partial charge in [-0.1, -0.05) is 11.8 Å². The van der Waals surface area contributed by atoms with E-state index < -0.39 is 11.9 Å².